The summed E-state index contributed by atoms with van der Waals surface area (Å²) in [5.74, 6) is -9.00. The summed E-state index contributed by atoms with van der Waals surface area (Å²) in [6.07, 6.45) is 1.95. The van der Waals surface area contributed by atoms with E-state index in [1.165, 1.54) is 41.3 Å². The molecule has 2 aliphatic carbocycles. The Hall–Kier alpha value is -6.33. The van der Waals surface area contributed by atoms with Gasteiger partial charge in [-0.25, -0.2) is 8.78 Å². The zero-order valence-corrected chi connectivity index (χ0v) is 30.3. The standard InChI is InChI=1S/C44H33ClF2N4O5/c45-25-11-9-24(10-12-25)44-35(41(54)51(43(44)56)49-29-15-13-26(46)14-16-29)23-34-31(38(44)33-7-4-8-36(47)39(33)52)21-22-32-37(34)42(55)50(40(32)53)30-19-17-28(18-20-30)48-27-5-2-1-3-6-27/h1-21,32,34-35,37-38,48-49,52H,22-23H2. The van der Waals surface area contributed by atoms with Crippen LogP contribution in [-0.2, 0) is 24.6 Å². The van der Waals surface area contributed by atoms with E-state index in [0.29, 0.717) is 21.8 Å². The summed E-state index contributed by atoms with van der Waals surface area (Å²) in [7, 11) is 0. The average Bonchev–Trinajstić information content (AvgIpc) is 3.58. The van der Waals surface area contributed by atoms with Crippen molar-refractivity contribution in [3.63, 3.8) is 0 Å². The number of carbonyl (C=O) groups excluding carboxylic acids is 4. The number of para-hydroxylation sites is 2. The van der Waals surface area contributed by atoms with Gasteiger partial charge in [0.1, 0.15) is 5.82 Å². The van der Waals surface area contributed by atoms with E-state index >= 15 is 9.18 Å². The SMILES string of the molecule is O=C1C2CC3C(=CCC4C(=O)N(c5ccc(Nc6ccccc6)cc5)C(=O)C43)C(c3cccc(F)c3O)C2(c2ccc(Cl)cc2)C(=O)N1Nc1ccc(F)cc1. The van der Waals surface area contributed by atoms with Crippen molar-refractivity contribution in [1.29, 1.82) is 0 Å². The number of nitrogens with one attached hydrogen (secondary N) is 2. The predicted octanol–water partition coefficient (Wildman–Crippen LogP) is 8.26. The number of hydrazine groups is 1. The van der Waals surface area contributed by atoms with Crippen molar-refractivity contribution in [3.8, 4) is 5.75 Å². The lowest BCUT2D eigenvalue weighted by Crippen LogP contribution is -2.53. The van der Waals surface area contributed by atoms with Crippen LogP contribution in [0.2, 0.25) is 5.02 Å². The quantitative estimate of drug-likeness (QED) is 0.113. The molecule has 56 heavy (non-hydrogen) atoms. The Labute approximate surface area is 325 Å². The van der Waals surface area contributed by atoms with E-state index in [1.807, 2.05) is 36.4 Å². The Balaban J connectivity index is 1.16. The summed E-state index contributed by atoms with van der Waals surface area (Å²) >= 11 is 6.33. The molecule has 280 valence electrons. The van der Waals surface area contributed by atoms with Crippen molar-refractivity contribution in [3.05, 3.63) is 161 Å². The second kappa shape index (κ2) is 13.5. The molecule has 0 aromatic heterocycles. The Bertz CT molecular complexity index is 2440. The zero-order valence-electron chi connectivity index (χ0n) is 29.5. The number of amides is 4. The molecule has 5 aromatic carbocycles. The van der Waals surface area contributed by atoms with Crippen LogP contribution in [0.1, 0.15) is 29.9 Å². The molecule has 2 aliphatic heterocycles. The van der Waals surface area contributed by atoms with Gasteiger partial charge in [-0.2, -0.15) is 5.01 Å². The van der Waals surface area contributed by atoms with Gasteiger partial charge in [0.25, 0.3) is 11.8 Å². The number of rotatable bonds is 7. The number of carbonyl (C=O) groups is 4. The smallest absolute Gasteiger partial charge is 0.260 e. The third-order valence-electron chi connectivity index (χ3n) is 11.8. The molecule has 12 heteroatoms. The van der Waals surface area contributed by atoms with E-state index in [2.05, 4.69) is 10.7 Å². The van der Waals surface area contributed by atoms with Crippen LogP contribution < -0.4 is 15.6 Å². The maximum atomic E-state index is 15.4. The molecule has 4 aliphatic rings. The fourth-order valence-electron chi connectivity index (χ4n) is 9.40. The monoisotopic (exact) mass is 770 g/mol. The number of hydrogen-bond donors (Lipinski definition) is 3. The van der Waals surface area contributed by atoms with Crippen LogP contribution in [0, 0.1) is 35.3 Å². The Morgan fingerprint density at radius 1 is 0.714 bits per heavy atom. The summed E-state index contributed by atoms with van der Waals surface area (Å²) < 4.78 is 29.3. The second-order valence-electron chi connectivity index (χ2n) is 14.6. The van der Waals surface area contributed by atoms with Gasteiger partial charge in [0.2, 0.25) is 11.8 Å². The Morgan fingerprint density at radius 2 is 1.39 bits per heavy atom. The van der Waals surface area contributed by atoms with Crippen LogP contribution in [0.4, 0.5) is 31.5 Å². The summed E-state index contributed by atoms with van der Waals surface area (Å²) in [6.45, 7) is 0. The average molecular weight is 771 g/mol. The van der Waals surface area contributed by atoms with Crippen LogP contribution >= 0.6 is 11.6 Å². The van der Waals surface area contributed by atoms with E-state index in [9.17, 15) is 23.9 Å². The molecule has 3 fully saturated rings. The molecule has 6 atom stereocenters. The third-order valence-corrected chi connectivity index (χ3v) is 12.0. The Kier molecular flexibility index (Phi) is 8.50. The first kappa shape index (κ1) is 35.4. The molecule has 2 heterocycles. The highest BCUT2D eigenvalue weighted by atomic mass is 35.5. The van der Waals surface area contributed by atoms with Crippen molar-refractivity contribution in [2.24, 2.45) is 23.7 Å². The zero-order chi connectivity index (χ0) is 38.9. The normalized spacial score (nSPS) is 25.4. The van der Waals surface area contributed by atoms with Gasteiger partial charge in [0.15, 0.2) is 11.6 Å². The number of imide groups is 2. The van der Waals surface area contributed by atoms with Gasteiger partial charge in [-0.1, -0.05) is 65.7 Å². The lowest BCUT2D eigenvalue weighted by atomic mass is 9.49. The molecule has 3 N–H and O–H groups in total. The van der Waals surface area contributed by atoms with E-state index < -0.39 is 70.1 Å². The number of hydrogen-bond acceptors (Lipinski definition) is 7. The van der Waals surface area contributed by atoms with E-state index in [-0.39, 0.29) is 30.0 Å². The minimum absolute atomic E-state index is 0.0127. The Morgan fingerprint density at radius 3 is 2.11 bits per heavy atom. The molecular weight excluding hydrogens is 738 g/mol. The number of nitrogens with zero attached hydrogens (tertiary/aromatic N) is 2. The van der Waals surface area contributed by atoms with E-state index in [4.69, 9.17) is 11.6 Å². The van der Waals surface area contributed by atoms with Crippen molar-refractivity contribution < 1.29 is 33.1 Å². The highest BCUT2D eigenvalue weighted by molar-refractivity contribution is 6.30. The van der Waals surface area contributed by atoms with Gasteiger partial charge in [-0.15, -0.1) is 0 Å². The topological polar surface area (TPSA) is 119 Å². The van der Waals surface area contributed by atoms with Crippen LogP contribution in [0.5, 0.6) is 5.75 Å². The third kappa shape index (κ3) is 5.40. The van der Waals surface area contributed by atoms with Gasteiger partial charge in [0, 0.05) is 27.9 Å². The number of halogens is 3. The molecule has 2 saturated heterocycles. The first-order valence-electron chi connectivity index (χ1n) is 18.2. The van der Waals surface area contributed by atoms with Gasteiger partial charge < -0.3 is 10.4 Å². The van der Waals surface area contributed by atoms with Crippen LogP contribution in [-0.4, -0.2) is 33.7 Å². The summed E-state index contributed by atoms with van der Waals surface area (Å²) in [6, 6.07) is 32.1. The number of phenols is 1. The molecule has 0 bridgehead atoms. The number of fused-ring (bicyclic) bond motifs is 4. The molecule has 0 spiro atoms. The fraction of sp³-hybridized carbons (Fsp3) is 0.182. The van der Waals surface area contributed by atoms with Crippen molar-refractivity contribution in [2.45, 2.75) is 24.2 Å². The molecular formula is C44H33ClF2N4O5. The highest BCUT2D eigenvalue weighted by Crippen LogP contribution is 2.65. The number of phenolic OH excluding ortho intramolecular Hbond substituents is 1. The lowest BCUT2D eigenvalue weighted by Gasteiger charge is -2.50. The summed E-state index contributed by atoms with van der Waals surface area (Å²) in [5, 5.41) is 16.0. The van der Waals surface area contributed by atoms with E-state index in [1.54, 1.807) is 48.5 Å². The first-order valence-corrected chi connectivity index (χ1v) is 18.6. The summed E-state index contributed by atoms with van der Waals surface area (Å²) in [4.78, 5) is 60.0. The predicted molar refractivity (Wildman–Crippen MR) is 206 cm³/mol. The number of benzene rings is 5. The van der Waals surface area contributed by atoms with E-state index in [0.717, 1.165) is 22.5 Å². The first-order chi connectivity index (χ1) is 27.1. The lowest BCUT2D eigenvalue weighted by molar-refractivity contribution is -0.138. The maximum Gasteiger partial charge on any atom is 0.260 e. The molecule has 5 aromatic rings. The number of aromatic hydroxyl groups is 1. The molecule has 1 saturated carbocycles. The van der Waals surface area contributed by atoms with Crippen molar-refractivity contribution in [1.82, 2.24) is 5.01 Å². The van der Waals surface area contributed by atoms with Gasteiger partial charge in [0.05, 0.1) is 34.5 Å². The molecule has 9 nitrogen and oxygen atoms in total. The highest BCUT2D eigenvalue weighted by Gasteiger charge is 2.70. The largest absolute Gasteiger partial charge is 0.505 e. The summed E-state index contributed by atoms with van der Waals surface area (Å²) in [5.41, 5.74) is 4.38. The maximum absolute atomic E-state index is 15.4. The number of allylic oxidation sites excluding steroid dienone is 2. The van der Waals surface area contributed by atoms with Crippen molar-refractivity contribution >= 4 is 58.0 Å². The van der Waals surface area contributed by atoms with Gasteiger partial charge in [-0.05, 0) is 103 Å². The van der Waals surface area contributed by atoms with Crippen molar-refractivity contribution in [2.75, 3.05) is 15.6 Å². The molecule has 6 unspecified atom stereocenters. The van der Waals surface area contributed by atoms with Crippen LogP contribution in [0.3, 0.4) is 0 Å². The molecule has 4 amide bonds. The number of anilines is 4. The molecule has 0 radical (unpaired) electrons. The second-order valence-corrected chi connectivity index (χ2v) is 15.0. The van der Waals surface area contributed by atoms with Crippen LogP contribution in [0.15, 0.2) is 133 Å². The fourth-order valence-corrected chi connectivity index (χ4v) is 9.53. The van der Waals surface area contributed by atoms with Gasteiger partial charge in [-0.3, -0.25) is 29.5 Å². The van der Waals surface area contributed by atoms with Crippen LogP contribution in [0.25, 0.3) is 0 Å². The van der Waals surface area contributed by atoms with Gasteiger partial charge >= 0.3 is 0 Å². The molecule has 9 rings (SSSR count). The minimum atomic E-state index is -1.76. The minimum Gasteiger partial charge on any atom is -0.505 e.